The molecule has 4 heterocycles. The molecule has 1 amide bonds. The molecule has 0 spiro atoms. The molecule has 37 heavy (non-hydrogen) atoms. The molecule has 10 nitrogen and oxygen atoms in total. The summed E-state index contributed by atoms with van der Waals surface area (Å²) in [6.45, 7) is 7.33. The van der Waals surface area contributed by atoms with Crippen LogP contribution >= 0.6 is 0 Å². The first-order valence-corrected chi connectivity index (χ1v) is 11.9. The van der Waals surface area contributed by atoms with Gasteiger partial charge in [0.1, 0.15) is 11.5 Å². The Balaban J connectivity index is 1.44. The minimum Gasteiger partial charge on any atom is -0.479 e. The molecular weight excluding hydrogens is 468 g/mol. The third kappa shape index (κ3) is 5.34. The highest BCUT2D eigenvalue weighted by atomic mass is 16.5. The number of amides is 1. The zero-order valence-corrected chi connectivity index (χ0v) is 20.8. The molecular formula is C27H28N8O2. The standard InChI is InChI=1S/C27H28N8O2/c1-4-24(36)30-20-7-5-6-18(14-20)21-17-28-15-19-16-29-27(33-25(19)21)31-22-8-9-23(32-26(22)37-3)35-12-10-34(2)11-13-35/h4-9,14-17H,1,10-13H2,2-3H3,(H,30,36)(H,29,31,33). The zero-order valence-electron chi connectivity index (χ0n) is 20.8. The SMILES string of the molecule is C=CC(=O)Nc1cccc(-c2cncc3cnc(Nc4ccc(N5CCN(C)CC5)nc4OC)nc23)c1. The van der Waals surface area contributed by atoms with Crippen LogP contribution in [-0.4, -0.2) is 71.1 Å². The van der Waals surface area contributed by atoms with Crippen molar-refractivity contribution in [2.24, 2.45) is 0 Å². The summed E-state index contributed by atoms with van der Waals surface area (Å²) in [5, 5.41) is 6.83. The zero-order chi connectivity index (χ0) is 25.8. The molecule has 1 aromatic carbocycles. The van der Waals surface area contributed by atoms with Gasteiger partial charge in [0.2, 0.25) is 17.7 Å². The molecule has 1 aliphatic rings. The van der Waals surface area contributed by atoms with Gasteiger partial charge in [0.05, 0.1) is 12.6 Å². The van der Waals surface area contributed by atoms with Crippen molar-refractivity contribution in [1.29, 1.82) is 0 Å². The Kier molecular flexibility index (Phi) is 6.91. The Morgan fingerprint density at radius 1 is 1.08 bits per heavy atom. The molecule has 0 unspecified atom stereocenters. The van der Waals surface area contributed by atoms with Crippen LogP contribution < -0.4 is 20.3 Å². The Hall–Kier alpha value is -4.57. The van der Waals surface area contributed by atoms with E-state index in [1.807, 2.05) is 36.4 Å². The van der Waals surface area contributed by atoms with Gasteiger partial charge in [0.25, 0.3) is 0 Å². The average Bonchev–Trinajstić information content (AvgIpc) is 2.93. The van der Waals surface area contributed by atoms with E-state index in [-0.39, 0.29) is 5.91 Å². The summed E-state index contributed by atoms with van der Waals surface area (Å²) in [6, 6.07) is 11.4. The Labute approximate surface area is 215 Å². The van der Waals surface area contributed by atoms with Crippen LogP contribution in [0.5, 0.6) is 5.88 Å². The van der Waals surface area contributed by atoms with Gasteiger partial charge in [-0.15, -0.1) is 0 Å². The predicted molar refractivity (Wildman–Crippen MR) is 145 cm³/mol. The van der Waals surface area contributed by atoms with Crippen molar-refractivity contribution < 1.29 is 9.53 Å². The second-order valence-corrected chi connectivity index (χ2v) is 8.73. The van der Waals surface area contributed by atoms with E-state index in [1.165, 1.54) is 6.08 Å². The molecule has 1 fully saturated rings. The fourth-order valence-corrected chi connectivity index (χ4v) is 4.20. The van der Waals surface area contributed by atoms with Crippen LogP contribution in [-0.2, 0) is 4.79 Å². The lowest BCUT2D eigenvalue weighted by Gasteiger charge is -2.33. The molecule has 1 saturated heterocycles. The van der Waals surface area contributed by atoms with Crippen LogP contribution in [0.25, 0.3) is 22.0 Å². The van der Waals surface area contributed by atoms with Crippen molar-refractivity contribution in [2.75, 3.05) is 55.9 Å². The van der Waals surface area contributed by atoms with E-state index in [0.29, 0.717) is 23.2 Å². The molecule has 5 rings (SSSR count). The number of piperazine rings is 1. The molecule has 0 atom stereocenters. The number of carbonyl (C=O) groups excluding carboxylic acids is 1. The lowest BCUT2D eigenvalue weighted by molar-refractivity contribution is -0.111. The van der Waals surface area contributed by atoms with Crippen LogP contribution in [0.3, 0.4) is 0 Å². The van der Waals surface area contributed by atoms with Crippen LogP contribution in [0.4, 0.5) is 23.1 Å². The van der Waals surface area contributed by atoms with Gasteiger partial charge in [-0.05, 0) is 43.0 Å². The van der Waals surface area contributed by atoms with Crippen LogP contribution in [0.2, 0.25) is 0 Å². The maximum absolute atomic E-state index is 11.7. The van der Waals surface area contributed by atoms with E-state index in [2.05, 4.69) is 44.0 Å². The van der Waals surface area contributed by atoms with Crippen molar-refractivity contribution in [3.63, 3.8) is 0 Å². The number of fused-ring (bicyclic) bond motifs is 1. The summed E-state index contributed by atoms with van der Waals surface area (Å²) in [5.74, 6) is 1.49. The minimum absolute atomic E-state index is 0.275. The number of ether oxygens (including phenoxy) is 1. The number of pyridine rings is 2. The van der Waals surface area contributed by atoms with Gasteiger partial charge in [-0.1, -0.05) is 18.7 Å². The molecule has 0 aliphatic carbocycles. The van der Waals surface area contributed by atoms with Crippen molar-refractivity contribution >= 4 is 40.0 Å². The molecule has 10 heteroatoms. The highest BCUT2D eigenvalue weighted by molar-refractivity contribution is 6.00. The maximum atomic E-state index is 11.7. The van der Waals surface area contributed by atoms with Crippen molar-refractivity contribution in [1.82, 2.24) is 24.8 Å². The summed E-state index contributed by atoms with van der Waals surface area (Å²) in [4.78, 5) is 34.6. The predicted octanol–water partition coefficient (Wildman–Crippen LogP) is 3.72. The fraction of sp³-hybridized carbons (Fsp3) is 0.222. The number of nitrogens with one attached hydrogen (secondary N) is 2. The molecule has 0 bridgehead atoms. The number of carbonyl (C=O) groups is 1. The molecule has 0 radical (unpaired) electrons. The first kappa shape index (κ1) is 24.1. The largest absolute Gasteiger partial charge is 0.479 e. The third-order valence-corrected chi connectivity index (χ3v) is 6.23. The Morgan fingerprint density at radius 2 is 1.92 bits per heavy atom. The highest BCUT2D eigenvalue weighted by Crippen LogP contribution is 2.31. The number of methoxy groups -OCH3 is 1. The highest BCUT2D eigenvalue weighted by Gasteiger charge is 2.18. The number of rotatable bonds is 7. The lowest BCUT2D eigenvalue weighted by atomic mass is 10.0. The summed E-state index contributed by atoms with van der Waals surface area (Å²) in [5.41, 5.74) is 3.72. The number of likely N-dealkylation sites (N-methyl/N-ethyl adjacent to an activating group) is 1. The normalized spacial score (nSPS) is 13.8. The summed E-state index contributed by atoms with van der Waals surface area (Å²) in [6.07, 6.45) is 6.43. The monoisotopic (exact) mass is 496 g/mol. The maximum Gasteiger partial charge on any atom is 0.247 e. The van der Waals surface area contributed by atoms with E-state index in [1.54, 1.807) is 25.7 Å². The van der Waals surface area contributed by atoms with Gasteiger partial charge in [0, 0.05) is 61.4 Å². The molecule has 188 valence electrons. The number of hydrogen-bond acceptors (Lipinski definition) is 9. The van der Waals surface area contributed by atoms with Gasteiger partial charge >= 0.3 is 0 Å². The topological polar surface area (TPSA) is 108 Å². The third-order valence-electron chi connectivity index (χ3n) is 6.23. The average molecular weight is 497 g/mol. The number of hydrogen-bond donors (Lipinski definition) is 2. The van der Waals surface area contributed by atoms with Crippen molar-refractivity contribution in [3.05, 3.63) is 67.6 Å². The quantitative estimate of drug-likeness (QED) is 0.370. The number of benzene rings is 1. The summed E-state index contributed by atoms with van der Waals surface area (Å²) >= 11 is 0. The smallest absolute Gasteiger partial charge is 0.247 e. The van der Waals surface area contributed by atoms with E-state index in [4.69, 9.17) is 14.7 Å². The molecule has 3 aromatic heterocycles. The molecule has 4 aromatic rings. The summed E-state index contributed by atoms with van der Waals surface area (Å²) < 4.78 is 5.59. The Morgan fingerprint density at radius 3 is 2.70 bits per heavy atom. The van der Waals surface area contributed by atoms with E-state index in [0.717, 1.165) is 54.0 Å². The second kappa shape index (κ2) is 10.6. The van der Waals surface area contributed by atoms with Gasteiger partial charge in [-0.25, -0.2) is 9.97 Å². The summed E-state index contributed by atoms with van der Waals surface area (Å²) in [7, 11) is 3.73. The van der Waals surface area contributed by atoms with E-state index < -0.39 is 0 Å². The van der Waals surface area contributed by atoms with E-state index in [9.17, 15) is 4.79 Å². The first-order chi connectivity index (χ1) is 18.0. The van der Waals surface area contributed by atoms with Gasteiger partial charge in [-0.3, -0.25) is 9.78 Å². The molecule has 1 aliphatic heterocycles. The number of anilines is 4. The number of nitrogens with zero attached hydrogens (tertiary/aromatic N) is 6. The van der Waals surface area contributed by atoms with Crippen molar-refractivity contribution in [2.45, 2.75) is 0 Å². The van der Waals surface area contributed by atoms with Gasteiger partial charge < -0.3 is 25.2 Å². The van der Waals surface area contributed by atoms with E-state index >= 15 is 0 Å². The molecule has 0 saturated carbocycles. The van der Waals surface area contributed by atoms with Crippen molar-refractivity contribution in [3.8, 4) is 17.0 Å². The van der Waals surface area contributed by atoms with Gasteiger partial charge in [0.15, 0.2) is 0 Å². The molecule has 2 N–H and O–H groups in total. The Bertz CT molecular complexity index is 1450. The lowest BCUT2D eigenvalue weighted by Crippen LogP contribution is -2.44. The fourth-order valence-electron chi connectivity index (χ4n) is 4.20. The van der Waals surface area contributed by atoms with Crippen LogP contribution in [0, 0.1) is 0 Å². The first-order valence-electron chi connectivity index (χ1n) is 11.9. The van der Waals surface area contributed by atoms with Gasteiger partial charge in [-0.2, -0.15) is 4.98 Å². The number of aromatic nitrogens is 4. The van der Waals surface area contributed by atoms with Crippen LogP contribution in [0.15, 0.2) is 67.6 Å². The van der Waals surface area contributed by atoms with Crippen LogP contribution in [0.1, 0.15) is 0 Å². The second-order valence-electron chi connectivity index (χ2n) is 8.73. The minimum atomic E-state index is -0.275.